The molecule has 0 aromatic heterocycles. The molecular weight excluding hydrogens is 542 g/mol. The van der Waals surface area contributed by atoms with Crippen LogP contribution < -0.4 is 0 Å². The van der Waals surface area contributed by atoms with E-state index in [1.54, 1.807) is 54.6 Å². The highest BCUT2D eigenvalue weighted by Crippen LogP contribution is 2.23. The zero-order chi connectivity index (χ0) is 26.3. The van der Waals surface area contributed by atoms with Crippen molar-refractivity contribution in [3.63, 3.8) is 0 Å². The van der Waals surface area contributed by atoms with Crippen molar-refractivity contribution in [2.45, 2.75) is 37.6 Å². The van der Waals surface area contributed by atoms with E-state index in [0.717, 1.165) is 19.1 Å². The summed E-state index contributed by atoms with van der Waals surface area (Å²) >= 11 is 3.39. The van der Waals surface area contributed by atoms with Crippen molar-refractivity contribution < 1.29 is 22.8 Å². The van der Waals surface area contributed by atoms with E-state index in [1.165, 1.54) is 17.0 Å². The van der Waals surface area contributed by atoms with Gasteiger partial charge in [-0.15, -0.1) is 0 Å². The van der Waals surface area contributed by atoms with Gasteiger partial charge in [-0.25, -0.2) is 8.42 Å². The topological polar surface area (TPSA) is 88.6 Å². The minimum Gasteiger partial charge on any atom is -0.327 e. The number of amides is 1. The zero-order valence-electron chi connectivity index (χ0n) is 20.2. The fourth-order valence-corrected chi connectivity index (χ4v) is 4.73. The van der Waals surface area contributed by atoms with Crippen LogP contribution in [0, 0.1) is 0 Å². The zero-order valence-corrected chi connectivity index (χ0v) is 22.6. The second-order valence-corrected chi connectivity index (χ2v) is 11.5. The Kier molecular flexibility index (Phi) is 9.34. The van der Waals surface area contributed by atoms with E-state index >= 15 is 0 Å². The van der Waals surface area contributed by atoms with Crippen LogP contribution in [0.25, 0.3) is 0 Å². The summed E-state index contributed by atoms with van der Waals surface area (Å²) < 4.78 is 24.3. The monoisotopic (exact) mass is 569 g/mol. The molecule has 0 aliphatic carbocycles. The summed E-state index contributed by atoms with van der Waals surface area (Å²) in [4.78, 5) is 41.3. The average molecular weight is 571 g/mol. The molecule has 0 saturated heterocycles. The summed E-state index contributed by atoms with van der Waals surface area (Å²) in [5.74, 6) is -0.820. The molecule has 0 heterocycles. The lowest BCUT2D eigenvalue weighted by molar-refractivity contribution is -0.120. The number of hydrogen-bond acceptors (Lipinski definition) is 5. The largest absolute Gasteiger partial charge is 0.327 e. The first-order chi connectivity index (χ1) is 17.1. The predicted molar refractivity (Wildman–Crippen MR) is 143 cm³/mol. The Bertz CT molecular complexity index is 1350. The molecular formula is C28H28BrNO5S. The summed E-state index contributed by atoms with van der Waals surface area (Å²) in [6.07, 6.45) is 3.06. The maximum absolute atomic E-state index is 13.8. The molecule has 3 aromatic rings. The van der Waals surface area contributed by atoms with Crippen molar-refractivity contribution in [3.8, 4) is 0 Å². The number of unbranched alkanes of at least 4 members (excludes halogenated alkanes) is 1. The fourth-order valence-electron chi connectivity index (χ4n) is 3.73. The van der Waals surface area contributed by atoms with Gasteiger partial charge in [-0.05, 0) is 42.3 Å². The van der Waals surface area contributed by atoms with E-state index in [9.17, 15) is 22.8 Å². The van der Waals surface area contributed by atoms with Crippen LogP contribution in [0.2, 0.25) is 0 Å². The molecule has 1 amide bonds. The third-order valence-corrected chi connectivity index (χ3v) is 7.30. The molecule has 3 rings (SSSR count). The van der Waals surface area contributed by atoms with E-state index in [-0.39, 0.29) is 40.7 Å². The highest BCUT2D eigenvalue weighted by atomic mass is 79.9. The van der Waals surface area contributed by atoms with Crippen molar-refractivity contribution in [1.82, 2.24) is 4.90 Å². The highest BCUT2D eigenvalue weighted by Gasteiger charge is 2.25. The van der Waals surface area contributed by atoms with E-state index in [0.29, 0.717) is 22.0 Å². The van der Waals surface area contributed by atoms with Crippen LogP contribution >= 0.6 is 15.9 Å². The van der Waals surface area contributed by atoms with Gasteiger partial charge in [-0.1, -0.05) is 71.7 Å². The summed E-state index contributed by atoms with van der Waals surface area (Å²) in [5, 5.41) is 0. The number of carbonyl (C=O) groups excluding carboxylic acids is 3. The molecule has 0 bridgehead atoms. The Morgan fingerprint density at radius 3 is 2.17 bits per heavy atom. The summed E-state index contributed by atoms with van der Waals surface area (Å²) in [6, 6.07) is 19.8. The first-order valence-electron chi connectivity index (χ1n) is 11.6. The lowest BCUT2D eigenvalue weighted by atomic mass is 9.97. The van der Waals surface area contributed by atoms with Crippen molar-refractivity contribution in [2.24, 2.45) is 0 Å². The molecule has 8 heteroatoms. The molecule has 0 N–H and O–H groups in total. The van der Waals surface area contributed by atoms with Crippen LogP contribution in [0.5, 0.6) is 0 Å². The van der Waals surface area contributed by atoms with E-state index in [2.05, 4.69) is 15.9 Å². The predicted octanol–water partition coefficient (Wildman–Crippen LogP) is 5.49. The summed E-state index contributed by atoms with van der Waals surface area (Å²) in [6.45, 7) is 1.97. The molecule has 0 radical (unpaired) electrons. The minimum atomic E-state index is -3.36. The molecule has 0 spiro atoms. The molecule has 0 unspecified atom stereocenters. The first kappa shape index (κ1) is 27.5. The molecule has 0 atom stereocenters. The van der Waals surface area contributed by atoms with E-state index < -0.39 is 15.7 Å². The number of nitrogens with zero attached hydrogens (tertiary/aromatic N) is 1. The maximum atomic E-state index is 13.8. The lowest BCUT2D eigenvalue weighted by Gasteiger charge is -2.24. The first-order valence-corrected chi connectivity index (χ1v) is 14.3. The highest BCUT2D eigenvalue weighted by molar-refractivity contribution is 9.10. The number of hydrogen-bond donors (Lipinski definition) is 0. The van der Waals surface area contributed by atoms with Crippen LogP contribution in [-0.2, 0) is 21.2 Å². The van der Waals surface area contributed by atoms with Crippen molar-refractivity contribution >= 4 is 43.2 Å². The van der Waals surface area contributed by atoms with Gasteiger partial charge in [-0.2, -0.15) is 0 Å². The van der Waals surface area contributed by atoms with Gasteiger partial charge < -0.3 is 4.90 Å². The number of halogens is 1. The quantitative estimate of drug-likeness (QED) is 0.285. The maximum Gasteiger partial charge on any atom is 0.255 e. The molecule has 0 fully saturated rings. The van der Waals surface area contributed by atoms with Crippen LogP contribution in [0.1, 0.15) is 58.0 Å². The Morgan fingerprint density at radius 1 is 0.889 bits per heavy atom. The number of benzene rings is 3. The number of rotatable bonds is 11. The number of sulfone groups is 1. The van der Waals surface area contributed by atoms with E-state index in [1.807, 2.05) is 13.0 Å². The molecule has 36 heavy (non-hydrogen) atoms. The Balaban J connectivity index is 1.98. The third-order valence-electron chi connectivity index (χ3n) is 5.68. The van der Waals surface area contributed by atoms with Crippen LogP contribution in [0.15, 0.2) is 82.2 Å². The van der Waals surface area contributed by atoms with Crippen molar-refractivity contribution in [2.75, 3.05) is 12.8 Å². The van der Waals surface area contributed by atoms with Crippen molar-refractivity contribution in [3.05, 3.63) is 99.5 Å². The van der Waals surface area contributed by atoms with E-state index in [4.69, 9.17) is 0 Å². The molecule has 188 valence electrons. The minimum absolute atomic E-state index is 0.0778. The van der Waals surface area contributed by atoms with Crippen LogP contribution in [0.3, 0.4) is 0 Å². The molecule has 0 saturated carbocycles. The lowest BCUT2D eigenvalue weighted by Crippen LogP contribution is -2.36. The van der Waals surface area contributed by atoms with Gasteiger partial charge in [-0.3, -0.25) is 14.4 Å². The average Bonchev–Trinajstić information content (AvgIpc) is 2.86. The number of Topliss-reactive ketones (excluding diaryl/α,β-unsaturated/α-hetero) is 1. The van der Waals surface area contributed by atoms with Crippen molar-refractivity contribution in [1.29, 1.82) is 0 Å². The van der Waals surface area contributed by atoms with Gasteiger partial charge in [0.15, 0.2) is 21.4 Å². The molecule has 0 aliphatic rings. The van der Waals surface area contributed by atoms with Crippen LogP contribution in [0.4, 0.5) is 0 Å². The smallest absolute Gasteiger partial charge is 0.255 e. The fraction of sp³-hybridized carbons (Fsp3) is 0.250. The number of ketones is 2. The standard InChI is InChI=1S/C28H28BrNO5S/c1-3-4-10-23(31)19-30(18-20-11-14-24(15-12-20)36(2,34)35)28(33)25-16-13-22(29)17-26(25)27(32)21-8-6-5-7-9-21/h5-9,11-17H,3-4,10,18-19H2,1-2H3. The van der Waals surface area contributed by atoms with Crippen LogP contribution in [-0.4, -0.2) is 43.6 Å². The van der Waals surface area contributed by atoms with Gasteiger partial charge in [0.1, 0.15) is 0 Å². The Labute approximate surface area is 220 Å². The van der Waals surface area contributed by atoms with Gasteiger partial charge >= 0.3 is 0 Å². The molecule has 3 aromatic carbocycles. The van der Waals surface area contributed by atoms with Gasteiger partial charge in [0.05, 0.1) is 17.0 Å². The van der Waals surface area contributed by atoms with Gasteiger partial charge in [0.25, 0.3) is 5.91 Å². The third kappa shape index (κ3) is 7.21. The Hall–Kier alpha value is -3.10. The summed E-state index contributed by atoms with van der Waals surface area (Å²) in [5.41, 5.74) is 1.56. The second-order valence-electron chi connectivity index (χ2n) is 8.60. The summed E-state index contributed by atoms with van der Waals surface area (Å²) in [7, 11) is -3.36. The van der Waals surface area contributed by atoms with Gasteiger partial charge in [0, 0.05) is 34.8 Å². The number of carbonyl (C=O) groups is 3. The molecule has 6 nitrogen and oxygen atoms in total. The normalized spacial score (nSPS) is 11.2. The molecule has 0 aliphatic heterocycles. The SMILES string of the molecule is CCCCC(=O)CN(Cc1ccc(S(C)(=O)=O)cc1)C(=O)c1ccc(Br)cc1C(=O)c1ccccc1. The van der Waals surface area contributed by atoms with Gasteiger partial charge in [0.2, 0.25) is 0 Å². The Morgan fingerprint density at radius 2 is 1.56 bits per heavy atom. The second kappa shape index (κ2) is 12.2.